The second-order valence-electron chi connectivity index (χ2n) is 7.69. The molecule has 2 aliphatic rings. The third kappa shape index (κ3) is 2.54. The first-order chi connectivity index (χ1) is 13.5. The number of carbonyl (C=O) groups is 1. The van der Waals surface area contributed by atoms with E-state index in [1.54, 1.807) is 0 Å². The summed E-state index contributed by atoms with van der Waals surface area (Å²) in [4.78, 5) is 15.2. The fourth-order valence-corrected chi connectivity index (χ4v) is 3.94. The van der Waals surface area contributed by atoms with Crippen LogP contribution in [0.1, 0.15) is 35.3 Å². The number of Topliss-reactive ketones (excluding diaryl/α,β-unsaturated/α-hetero) is 1. The van der Waals surface area contributed by atoms with Crippen LogP contribution in [-0.4, -0.2) is 28.0 Å². The first kappa shape index (κ1) is 17.1. The lowest BCUT2D eigenvalue weighted by Crippen LogP contribution is -2.37. The summed E-state index contributed by atoms with van der Waals surface area (Å²) in [6, 6.07) is 12.2. The highest BCUT2D eigenvalue weighted by atomic mass is 16.5. The number of fused-ring (bicyclic) bond motifs is 4. The Morgan fingerprint density at radius 3 is 2.79 bits per heavy atom. The highest BCUT2D eigenvalue weighted by molar-refractivity contribution is 6.15. The molecule has 5 heteroatoms. The van der Waals surface area contributed by atoms with Gasteiger partial charge in [0, 0.05) is 42.3 Å². The Kier molecular flexibility index (Phi) is 3.81. The largest absolute Gasteiger partial charge is 0.478 e. The van der Waals surface area contributed by atoms with Gasteiger partial charge in [0.15, 0.2) is 5.76 Å². The quantitative estimate of drug-likeness (QED) is 0.626. The van der Waals surface area contributed by atoms with Crippen LogP contribution in [0.3, 0.4) is 0 Å². The van der Waals surface area contributed by atoms with E-state index < -0.39 is 0 Å². The molecule has 28 heavy (non-hydrogen) atoms. The number of carbonyl (C=O) groups excluding carboxylic acids is 1. The lowest BCUT2D eigenvalue weighted by atomic mass is 10.0. The maximum Gasteiger partial charge on any atom is 0.231 e. The van der Waals surface area contributed by atoms with Gasteiger partial charge in [-0.05, 0) is 38.1 Å². The Hall–Kier alpha value is -3.05. The number of aromatic nitrogens is 1. The molecule has 142 valence electrons. The fraction of sp³-hybridized carbons (Fsp3) is 0.261. The molecule has 0 saturated carbocycles. The summed E-state index contributed by atoms with van der Waals surface area (Å²) in [5.41, 5.74) is 3.66. The smallest absolute Gasteiger partial charge is 0.231 e. The maximum atomic E-state index is 13.0. The Bertz CT molecular complexity index is 1140. The van der Waals surface area contributed by atoms with Crippen molar-refractivity contribution in [1.82, 2.24) is 9.47 Å². The van der Waals surface area contributed by atoms with Crippen molar-refractivity contribution in [2.24, 2.45) is 7.05 Å². The molecule has 2 aromatic carbocycles. The van der Waals surface area contributed by atoms with Crippen molar-refractivity contribution >= 4 is 22.8 Å². The second-order valence-corrected chi connectivity index (χ2v) is 7.69. The van der Waals surface area contributed by atoms with Crippen LogP contribution in [0.2, 0.25) is 0 Å². The van der Waals surface area contributed by atoms with E-state index in [0.29, 0.717) is 36.4 Å². The summed E-state index contributed by atoms with van der Waals surface area (Å²) in [6.07, 6.45) is 3.87. The molecule has 3 aromatic rings. The van der Waals surface area contributed by atoms with Crippen molar-refractivity contribution in [3.63, 3.8) is 0 Å². The van der Waals surface area contributed by atoms with E-state index in [2.05, 4.69) is 35.4 Å². The van der Waals surface area contributed by atoms with Crippen LogP contribution < -0.4 is 9.47 Å². The van der Waals surface area contributed by atoms with Crippen molar-refractivity contribution in [2.45, 2.75) is 26.4 Å². The Morgan fingerprint density at radius 1 is 1.14 bits per heavy atom. The summed E-state index contributed by atoms with van der Waals surface area (Å²) < 4.78 is 14.0. The number of allylic oxidation sites excluding steroid dienone is 1. The minimum Gasteiger partial charge on any atom is -0.478 e. The van der Waals surface area contributed by atoms with Gasteiger partial charge in [-0.3, -0.25) is 9.69 Å². The summed E-state index contributed by atoms with van der Waals surface area (Å²) in [5, 5.41) is 1.10. The average Bonchev–Trinajstić information content (AvgIpc) is 3.19. The number of rotatable bonds is 2. The first-order valence-corrected chi connectivity index (χ1v) is 9.54. The van der Waals surface area contributed by atoms with Crippen LogP contribution in [0.5, 0.6) is 11.5 Å². The molecule has 2 aliphatic heterocycles. The molecular formula is C23H22N2O3. The lowest BCUT2D eigenvalue weighted by Gasteiger charge is -2.32. The van der Waals surface area contributed by atoms with E-state index in [-0.39, 0.29) is 5.78 Å². The van der Waals surface area contributed by atoms with Gasteiger partial charge in [-0.25, -0.2) is 0 Å². The zero-order chi connectivity index (χ0) is 19.4. The lowest BCUT2D eigenvalue weighted by molar-refractivity contribution is 0.0674. The summed E-state index contributed by atoms with van der Waals surface area (Å²) in [5.74, 6) is 1.73. The number of ether oxygens (including phenoxy) is 2. The maximum absolute atomic E-state index is 13.0. The van der Waals surface area contributed by atoms with Crippen LogP contribution in [0.25, 0.3) is 17.0 Å². The molecular weight excluding hydrogens is 352 g/mol. The van der Waals surface area contributed by atoms with Crippen molar-refractivity contribution < 1.29 is 14.3 Å². The van der Waals surface area contributed by atoms with E-state index in [1.807, 2.05) is 43.6 Å². The second kappa shape index (κ2) is 6.24. The molecule has 5 nitrogen and oxygen atoms in total. The molecule has 3 heterocycles. The third-order valence-electron chi connectivity index (χ3n) is 5.59. The number of hydrogen-bond donors (Lipinski definition) is 0. The number of aryl methyl sites for hydroxylation is 1. The van der Waals surface area contributed by atoms with Crippen molar-refractivity contribution in [3.8, 4) is 11.5 Å². The molecule has 0 saturated heterocycles. The molecule has 0 fully saturated rings. The number of benzene rings is 2. The van der Waals surface area contributed by atoms with Crippen LogP contribution in [-0.2, 0) is 13.6 Å². The number of para-hydroxylation sites is 1. The van der Waals surface area contributed by atoms with E-state index in [4.69, 9.17) is 9.47 Å². The average molecular weight is 374 g/mol. The van der Waals surface area contributed by atoms with Crippen molar-refractivity contribution in [3.05, 3.63) is 65.0 Å². The predicted molar refractivity (Wildman–Crippen MR) is 108 cm³/mol. The summed E-state index contributed by atoms with van der Waals surface area (Å²) in [6.45, 7) is 5.53. The molecule has 0 aliphatic carbocycles. The van der Waals surface area contributed by atoms with Gasteiger partial charge in [-0.2, -0.15) is 0 Å². The topological polar surface area (TPSA) is 43.7 Å². The van der Waals surface area contributed by atoms with E-state index in [1.165, 1.54) is 0 Å². The molecule has 0 N–H and O–H groups in total. The first-order valence-electron chi connectivity index (χ1n) is 9.54. The van der Waals surface area contributed by atoms with Gasteiger partial charge in [0.2, 0.25) is 5.78 Å². The minimum atomic E-state index is -0.0765. The molecule has 0 unspecified atom stereocenters. The molecule has 0 amide bonds. The van der Waals surface area contributed by atoms with Gasteiger partial charge in [0.25, 0.3) is 0 Å². The highest BCUT2D eigenvalue weighted by Crippen LogP contribution is 2.42. The Labute approximate surface area is 163 Å². The van der Waals surface area contributed by atoms with E-state index in [9.17, 15) is 4.79 Å². The van der Waals surface area contributed by atoms with Gasteiger partial charge >= 0.3 is 0 Å². The third-order valence-corrected chi connectivity index (χ3v) is 5.59. The molecule has 0 spiro atoms. The minimum absolute atomic E-state index is 0.0765. The van der Waals surface area contributed by atoms with Crippen LogP contribution >= 0.6 is 0 Å². The summed E-state index contributed by atoms with van der Waals surface area (Å²) >= 11 is 0. The van der Waals surface area contributed by atoms with Gasteiger partial charge < -0.3 is 14.0 Å². The Balaban J connectivity index is 1.56. The standard InChI is InChI=1S/C23H22N2O3/c1-14(2)25-12-18-20(27-13-25)9-8-17-22(26)21(28-23(17)18)10-15-11-24(3)19-7-5-4-6-16(15)19/h4-11,14H,12-13H2,1-3H3/b21-10-. The highest BCUT2D eigenvalue weighted by Gasteiger charge is 2.34. The predicted octanol–water partition coefficient (Wildman–Crippen LogP) is 4.35. The normalized spacial score (nSPS) is 17.7. The SMILES string of the molecule is CC(C)N1COc2ccc3c(c2C1)O/C(=C\c1cn(C)c2ccccc12)C3=O. The van der Waals surface area contributed by atoms with Gasteiger partial charge in [-0.1, -0.05) is 18.2 Å². The molecule has 5 rings (SSSR count). The van der Waals surface area contributed by atoms with E-state index in [0.717, 1.165) is 27.8 Å². The van der Waals surface area contributed by atoms with Crippen molar-refractivity contribution in [2.75, 3.05) is 6.73 Å². The molecule has 0 radical (unpaired) electrons. The molecule has 0 atom stereocenters. The number of hydrogen-bond acceptors (Lipinski definition) is 4. The van der Waals surface area contributed by atoms with Gasteiger partial charge in [0.05, 0.1) is 11.1 Å². The van der Waals surface area contributed by atoms with Crippen LogP contribution in [0.4, 0.5) is 0 Å². The fourth-order valence-electron chi connectivity index (χ4n) is 3.94. The zero-order valence-corrected chi connectivity index (χ0v) is 16.2. The van der Waals surface area contributed by atoms with E-state index >= 15 is 0 Å². The van der Waals surface area contributed by atoms with Crippen LogP contribution in [0.15, 0.2) is 48.4 Å². The Morgan fingerprint density at radius 2 is 1.96 bits per heavy atom. The molecule has 1 aromatic heterocycles. The summed E-state index contributed by atoms with van der Waals surface area (Å²) in [7, 11) is 2.00. The molecule has 0 bridgehead atoms. The van der Waals surface area contributed by atoms with Crippen molar-refractivity contribution in [1.29, 1.82) is 0 Å². The van der Waals surface area contributed by atoms with Crippen LogP contribution in [0, 0.1) is 0 Å². The zero-order valence-electron chi connectivity index (χ0n) is 16.2. The van der Waals surface area contributed by atoms with Gasteiger partial charge in [0.1, 0.15) is 18.2 Å². The number of nitrogens with zero attached hydrogens (tertiary/aromatic N) is 2. The monoisotopic (exact) mass is 374 g/mol. The number of ketones is 1. The van der Waals surface area contributed by atoms with Gasteiger partial charge in [-0.15, -0.1) is 0 Å².